The molecule has 2 rings (SSSR count). The lowest BCUT2D eigenvalue weighted by molar-refractivity contribution is 0.414. The van der Waals surface area contributed by atoms with E-state index in [1.54, 1.807) is 7.11 Å². The van der Waals surface area contributed by atoms with Gasteiger partial charge in [0, 0.05) is 13.0 Å². The quantitative estimate of drug-likeness (QED) is 0.817. The molecule has 0 heterocycles. The van der Waals surface area contributed by atoms with Crippen molar-refractivity contribution in [3.63, 3.8) is 0 Å². The van der Waals surface area contributed by atoms with E-state index in [4.69, 9.17) is 17.0 Å². The Morgan fingerprint density at radius 3 is 2.35 bits per heavy atom. The first-order valence-electron chi connectivity index (χ1n) is 6.71. The van der Waals surface area contributed by atoms with Crippen LogP contribution in [0.3, 0.4) is 0 Å². The van der Waals surface area contributed by atoms with Gasteiger partial charge in [0.2, 0.25) is 0 Å². The first-order valence-corrected chi connectivity index (χ1v) is 7.12. The molecule has 2 aromatic carbocycles. The molecular formula is C17H19NOS. The number of benzene rings is 2. The van der Waals surface area contributed by atoms with Crippen molar-refractivity contribution in [3.05, 3.63) is 65.7 Å². The molecule has 2 nitrogen and oxygen atoms in total. The number of ether oxygens (including phenoxy) is 1. The van der Waals surface area contributed by atoms with Gasteiger partial charge in [0.15, 0.2) is 0 Å². The lowest BCUT2D eigenvalue weighted by Crippen LogP contribution is -2.21. The van der Waals surface area contributed by atoms with E-state index in [1.165, 1.54) is 11.1 Å². The molecule has 20 heavy (non-hydrogen) atoms. The zero-order valence-electron chi connectivity index (χ0n) is 11.6. The smallest absolute Gasteiger partial charge is 0.118 e. The number of aryl methyl sites for hydroxylation is 1. The second-order valence-electron chi connectivity index (χ2n) is 4.61. The largest absolute Gasteiger partial charge is 0.497 e. The molecule has 0 spiro atoms. The van der Waals surface area contributed by atoms with Crippen molar-refractivity contribution in [2.75, 3.05) is 7.11 Å². The van der Waals surface area contributed by atoms with Gasteiger partial charge in [-0.1, -0.05) is 54.7 Å². The van der Waals surface area contributed by atoms with Crippen LogP contribution >= 0.6 is 12.2 Å². The SMILES string of the molecule is COc1ccc(CCC(=S)NCc2ccccc2)cc1. The van der Waals surface area contributed by atoms with Gasteiger partial charge in [0.05, 0.1) is 12.1 Å². The maximum Gasteiger partial charge on any atom is 0.118 e. The van der Waals surface area contributed by atoms with Gasteiger partial charge in [-0.05, 0) is 29.7 Å². The summed E-state index contributed by atoms with van der Waals surface area (Å²) in [5.41, 5.74) is 2.52. The number of rotatable bonds is 6. The van der Waals surface area contributed by atoms with Crippen LogP contribution in [0.2, 0.25) is 0 Å². The Hall–Kier alpha value is -1.87. The molecule has 0 saturated carbocycles. The Morgan fingerprint density at radius 2 is 1.70 bits per heavy atom. The Bertz CT molecular complexity index is 537. The van der Waals surface area contributed by atoms with Gasteiger partial charge in [-0.3, -0.25) is 0 Å². The molecule has 0 amide bonds. The normalized spacial score (nSPS) is 10.1. The van der Waals surface area contributed by atoms with E-state index in [0.717, 1.165) is 30.1 Å². The molecule has 3 heteroatoms. The summed E-state index contributed by atoms with van der Waals surface area (Å²) in [6.45, 7) is 0.794. The molecule has 0 bridgehead atoms. The average molecular weight is 285 g/mol. The van der Waals surface area contributed by atoms with Gasteiger partial charge in [-0.15, -0.1) is 0 Å². The first kappa shape index (κ1) is 14.5. The van der Waals surface area contributed by atoms with Gasteiger partial charge < -0.3 is 10.1 Å². The Labute approximate surface area is 125 Å². The van der Waals surface area contributed by atoms with Crippen LogP contribution in [-0.4, -0.2) is 12.1 Å². The minimum Gasteiger partial charge on any atom is -0.497 e. The maximum atomic E-state index is 5.37. The number of hydrogen-bond donors (Lipinski definition) is 1. The van der Waals surface area contributed by atoms with Crippen molar-refractivity contribution in [1.82, 2.24) is 5.32 Å². The molecule has 0 radical (unpaired) electrons. The highest BCUT2D eigenvalue weighted by atomic mass is 32.1. The van der Waals surface area contributed by atoms with E-state index in [1.807, 2.05) is 30.3 Å². The molecular weight excluding hydrogens is 266 g/mol. The van der Waals surface area contributed by atoms with Crippen molar-refractivity contribution in [1.29, 1.82) is 0 Å². The number of methoxy groups -OCH3 is 1. The second kappa shape index (κ2) is 7.65. The van der Waals surface area contributed by atoms with Gasteiger partial charge in [-0.2, -0.15) is 0 Å². The third-order valence-electron chi connectivity index (χ3n) is 3.13. The zero-order chi connectivity index (χ0) is 14.2. The van der Waals surface area contributed by atoms with Crippen LogP contribution in [-0.2, 0) is 13.0 Å². The second-order valence-corrected chi connectivity index (χ2v) is 5.10. The predicted octanol–water partition coefficient (Wildman–Crippen LogP) is 3.75. The van der Waals surface area contributed by atoms with Crippen LogP contribution in [0.4, 0.5) is 0 Å². The summed E-state index contributed by atoms with van der Waals surface area (Å²) < 4.78 is 5.14. The van der Waals surface area contributed by atoms with Crippen molar-refractivity contribution >= 4 is 17.2 Å². The third kappa shape index (κ3) is 4.67. The molecule has 0 aliphatic rings. The fraction of sp³-hybridized carbons (Fsp3) is 0.235. The van der Waals surface area contributed by atoms with Gasteiger partial charge in [0.1, 0.15) is 5.75 Å². The summed E-state index contributed by atoms with van der Waals surface area (Å²) in [7, 11) is 1.68. The van der Waals surface area contributed by atoms with Crippen LogP contribution in [0.1, 0.15) is 17.5 Å². The van der Waals surface area contributed by atoms with Crippen LogP contribution in [0.25, 0.3) is 0 Å². The van der Waals surface area contributed by atoms with Crippen molar-refractivity contribution in [3.8, 4) is 5.75 Å². The summed E-state index contributed by atoms with van der Waals surface area (Å²) in [4.78, 5) is 0.907. The topological polar surface area (TPSA) is 21.3 Å². The highest BCUT2D eigenvalue weighted by molar-refractivity contribution is 7.80. The van der Waals surface area contributed by atoms with Crippen LogP contribution in [0.15, 0.2) is 54.6 Å². The molecule has 0 aliphatic carbocycles. The number of thiocarbonyl (C=S) groups is 1. The predicted molar refractivity (Wildman–Crippen MR) is 87.2 cm³/mol. The van der Waals surface area contributed by atoms with Crippen molar-refractivity contribution in [2.45, 2.75) is 19.4 Å². The number of nitrogens with one attached hydrogen (secondary N) is 1. The fourth-order valence-electron chi connectivity index (χ4n) is 1.93. The van der Waals surface area contributed by atoms with E-state index in [0.29, 0.717) is 0 Å². The Morgan fingerprint density at radius 1 is 1.00 bits per heavy atom. The standard InChI is InChI=1S/C17H19NOS/c1-19-16-10-7-14(8-11-16)9-12-17(20)18-13-15-5-3-2-4-6-15/h2-8,10-11H,9,12-13H2,1H3,(H,18,20). The van der Waals surface area contributed by atoms with Gasteiger partial charge in [0.25, 0.3) is 0 Å². The van der Waals surface area contributed by atoms with Crippen LogP contribution in [0, 0.1) is 0 Å². The van der Waals surface area contributed by atoms with Gasteiger partial charge >= 0.3 is 0 Å². The molecule has 0 aromatic heterocycles. The zero-order valence-corrected chi connectivity index (χ0v) is 12.5. The van der Waals surface area contributed by atoms with E-state index >= 15 is 0 Å². The summed E-state index contributed by atoms with van der Waals surface area (Å²) in [6, 6.07) is 18.4. The summed E-state index contributed by atoms with van der Waals surface area (Å²) in [6.07, 6.45) is 1.82. The van der Waals surface area contributed by atoms with Crippen LogP contribution in [0.5, 0.6) is 5.75 Å². The minimum atomic E-state index is 0.794. The molecule has 0 fully saturated rings. The summed E-state index contributed by atoms with van der Waals surface area (Å²) >= 11 is 5.37. The van der Waals surface area contributed by atoms with E-state index in [-0.39, 0.29) is 0 Å². The van der Waals surface area contributed by atoms with Gasteiger partial charge in [-0.25, -0.2) is 0 Å². The Balaban J connectivity index is 1.74. The molecule has 0 saturated heterocycles. The van der Waals surface area contributed by atoms with Crippen molar-refractivity contribution in [2.24, 2.45) is 0 Å². The highest BCUT2D eigenvalue weighted by Gasteiger charge is 1.99. The van der Waals surface area contributed by atoms with Crippen molar-refractivity contribution < 1.29 is 4.74 Å². The van der Waals surface area contributed by atoms with E-state index in [9.17, 15) is 0 Å². The highest BCUT2D eigenvalue weighted by Crippen LogP contribution is 2.12. The van der Waals surface area contributed by atoms with E-state index in [2.05, 4.69) is 29.6 Å². The maximum absolute atomic E-state index is 5.37. The lowest BCUT2D eigenvalue weighted by atomic mass is 10.1. The molecule has 104 valence electrons. The molecule has 0 unspecified atom stereocenters. The number of hydrogen-bond acceptors (Lipinski definition) is 2. The molecule has 0 atom stereocenters. The van der Waals surface area contributed by atoms with E-state index < -0.39 is 0 Å². The lowest BCUT2D eigenvalue weighted by Gasteiger charge is -2.08. The summed E-state index contributed by atoms with van der Waals surface area (Å²) in [5.74, 6) is 0.888. The average Bonchev–Trinajstić information content (AvgIpc) is 2.52. The first-order chi connectivity index (χ1) is 9.78. The monoisotopic (exact) mass is 285 g/mol. The molecule has 2 aromatic rings. The minimum absolute atomic E-state index is 0.794. The summed E-state index contributed by atoms with van der Waals surface area (Å²) in [5, 5.41) is 3.30. The van der Waals surface area contributed by atoms with Crippen LogP contribution < -0.4 is 10.1 Å². The fourth-order valence-corrected chi connectivity index (χ4v) is 2.11. The molecule has 0 aliphatic heterocycles. The third-order valence-corrected chi connectivity index (χ3v) is 3.48. The molecule has 1 N–H and O–H groups in total. The Kier molecular flexibility index (Phi) is 5.56.